The number of nitrogens with zero attached hydrogens (tertiary/aromatic N) is 2. The van der Waals surface area contributed by atoms with Crippen LogP contribution in [0.2, 0.25) is 0 Å². The summed E-state index contributed by atoms with van der Waals surface area (Å²) in [4.78, 5) is 4.10. The van der Waals surface area contributed by atoms with Crippen LogP contribution in [0.1, 0.15) is 39.7 Å². The topological polar surface area (TPSA) is 42.8 Å². The van der Waals surface area contributed by atoms with Gasteiger partial charge in [0.2, 0.25) is 4.77 Å². The van der Waals surface area contributed by atoms with Gasteiger partial charge in [-0.1, -0.05) is 45.4 Å². The minimum Gasteiger partial charge on any atom is -0.485 e. The number of nitrogens with one attached hydrogen (secondary N) is 1. The zero-order valence-corrected chi connectivity index (χ0v) is 14.8. The smallest absolute Gasteiger partial charge is 0.215 e. The number of aromatic amines is 1. The van der Waals surface area contributed by atoms with Gasteiger partial charge in [0, 0.05) is 5.41 Å². The van der Waals surface area contributed by atoms with Crippen molar-refractivity contribution in [3.05, 3.63) is 40.9 Å². The molecule has 4 nitrogen and oxygen atoms in total. The van der Waals surface area contributed by atoms with Gasteiger partial charge in [0.05, 0.1) is 6.54 Å². The van der Waals surface area contributed by atoms with E-state index in [2.05, 4.69) is 56.8 Å². The first-order chi connectivity index (χ1) is 10.3. The van der Waals surface area contributed by atoms with Gasteiger partial charge in [-0.25, -0.2) is 4.98 Å². The molecule has 2 rings (SSSR count). The summed E-state index contributed by atoms with van der Waals surface area (Å²) in [5.41, 5.74) is 0.778. The van der Waals surface area contributed by atoms with E-state index in [4.69, 9.17) is 17.0 Å². The molecule has 0 aliphatic heterocycles. The number of rotatable bonds is 5. The molecule has 1 aromatic carbocycles. The molecule has 0 bridgehead atoms. The van der Waals surface area contributed by atoms with Crippen LogP contribution in [0.25, 0.3) is 0 Å². The van der Waals surface area contributed by atoms with E-state index in [1.54, 1.807) is 6.33 Å². The van der Waals surface area contributed by atoms with E-state index in [0.29, 0.717) is 11.3 Å². The van der Waals surface area contributed by atoms with Gasteiger partial charge in [-0.15, -0.1) is 0 Å². The lowest BCUT2D eigenvalue weighted by atomic mass is 9.74. The van der Waals surface area contributed by atoms with Crippen molar-refractivity contribution in [1.82, 2.24) is 14.8 Å². The van der Waals surface area contributed by atoms with Crippen LogP contribution in [0.4, 0.5) is 0 Å². The van der Waals surface area contributed by atoms with Gasteiger partial charge in [0.25, 0.3) is 0 Å². The third-order valence-electron chi connectivity index (χ3n) is 4.31. The Morgan fingerprint density at radius 1 is 1.23 bits per heavy atom. The third kappa shape index (κ3) is 3.40. The van der Waals surface area contributed by atoms with Crippen LogP contribution in [-0.4, -0.2) is 20.4 Å². The molecule has 5 heteroatoms. The van der Waals surface area contributed by atoms with Gasteiger partial charge in [-0.3, -0.25) is 9.78 Å². The van der Waals surface area contributed by atoms with Crippen LogP contribution >= 0.6 is 12.2 Å². The lowest BCUT2D eigenvalue weighted by Gasteiger charge is -2.44. The van der Waals surface area contributed by atoms with Gasteiger partial charge in [0.1, 0.15) is 17.7 Å². The van der Waals surface area contributed by atoms with Gasteiger partial charge in [0.15, 0.2) is 0 Å². The largest absolute Gasteiger partial charge is 0.485 e. The number of ether oxygens (including phenoxy) is 1. The summed E-state index contributed by atoms with van der Waals surface area (Å²) in [5.74, 6) is 0.883. The highest BCUT2D eigenvalue weighted by Crippen LogP contribution is 2.39. The Labute approximate surface area is 137 Å². The van der Waals surface area contributed by atoms with Gasteiger partial charge in [-0.05, 0) is 37.7 Å². The number of H-pyrrole nitrogens is 1. The molecule has 1 aromatic heterocycles. The maximum Gasteiger partial charge on any atom is 0.215 e. The fraction of sp³-hybridized carbons (Fsp3) is 0.529. The first-order valence-electron chi connectivity index (χ1n) is 7.63. The van der Waals surface area contributed by atoms with Crippen molar-refractivity contribution in [2.45, 2.75) is 53.2 Å². The van der Waals surface area contributed by atoms with E-state index in [1.807, 2.05) is 16.8 Å². The molecule has 1 atom stereocenters. The van der Waals surface area contributed by atoms with Crippen LogP contribution in [0, 0.1) is 17.1 Å². The van der Waals surface area contributed by atoms with E-state index in [1.165, 1.54) is 5.56 Å². The Balaban J connectivity index is 2.39. The van der Waals surface area contributed by atoms with Crippen molar-refractivity contribution < 1.29 is 4.74 Å². The Bertz CT molecular complexity index is 666. The minimum atomic E-state index is -0.382. The van der Waals surface area contributed by atoms with Crippen LogP contribution in [-0.2, 0) is 6.54 Å². The number of hydrogen-bond donors (Lipinski definition) is 1. The maximum absolute atomic E-state index is 6.48. The van der Waals surface area contributed by atoms with E-state index in [9.17, 15) is 0 Å². The predicted octanol–water partition coefficient (Wildman–Crippen LogP) is 4.52. The van der Waals surface area contributed by atoms with Crippen LogP contribution in [0.3, 0.4) is 0 Å². The molecule has 0 spiro atoms. The van der Waals surface area contributed by atoms with Crippen LogP contribution in [0.15, 0.2) is 30.6 Å². The first-order valence-corrected chi connectivity index (χ1v) is 8.04. The summed E-state index contributed by atoms with van der Waals surface area (Å²) in [6, 6.07) is 8.19. The first kappa shape index (κ1) is 16.7. The highest BCUT2D eigenvalue weighted by molar-refractivity contribution is 7.71. The standard InChI is InChI=1S/C17H25N3OS/c1-6-17(16(3,4)5,11-20-15(22)18-12-19-20)21-14-9-7-13(2)8-10-14/h7-10,12H,6,11H2,1-5H3,(H,18,19,22). The average Bonchev–Trinajstić information content (AvgIpc) is 2.84. The predicted molar refractivity (Wildman–Crippen MR) is 91.7 cm³/mol. The van der Waals surface area contributed by atoms with Crippen molar-refractivity contribution in [2.75, 3.05) is 0 Å². The van der Waals surface area contributed by atoms with Crippen LogP contribution < -0.4 is 4.74 Å². The molecular weight excluding hydrogens is 294 g/mol. The second kappa shape index (κ2) is 6.24. The molecule has 1 N–H and O–H groups in total. The number of aryl methyl sites for hydroxylation is 1. The summed E-state index contributed by atoms with van der Waals surface area (Å²) < 4.78 is 8.91. The Morgan fingerprint density at radius 3 is 2.32 bits per heavy atom. The van der Waals surface area contributed by atoms with Crippen molar-refractivity contribution in [3.8, 4) is 5.75 Å². The Hall–Kier alpha value is -1.62. The van der Waals surface area contributed by atoms with Gasteiger partial charge in [-0.2, -0.15) is 0 Å². The molecule has 0 amide bonds. The quantitative estimate of drug-likeness (QED) is 0.824. The van der Waals surface area contributed by atoms with Crippen molar-refractivity contribution in [2.24, 2.45) is 5.41 Å². The monoisotopic (exact) mass is 319 g/mol. The molecule has 0 aliphatic rings. The second-order valence-corrected chi connectivity index (χ2v) is 7.13. The zero-order valence-electron chi connectivity index (χ0n) is 14.0. The number of benzene rings is 1. The van der Waals surface area contributed by atoms with Crippen molar-refractivity contribution in [3.63, 3.8) is 0 Å². The summed E-state index contributed by atoms with van der Waals surface area (Å²) in [7, 11) is 0. The van der Waals surface area contributed by atoms with Crippen molar-refractivity contribution in [1.29, 1.82) is 0 Å². The van der Waals surface area contributed by atoms with E-state index >= 15 is 0 Å². The Kier molecular flexibility index (Phi) is 4.75. The molecular formula is C17H25N3OS. The zero-order chi connectivity index (χ0) is 16.4. The lowest BCUT2D eigenvalue weighted by molar-refractivity contribution is -0.0531. The number of aromatic nitrogens is 3. The molecule has 120 valence electrons. The second-order valence-electron chi connectivity index (χ2n) is 6.77. The van der Waals surface area contributed by atoms with Crippen molar-refractivity contribution >= 4 is 12.2 Å². The molecule has 2 aromatic rings. The molecule has 0 saturated heterocycles. The molecule has 0 fully saturated rings. The maximum atomic E-state index is 6.48. The highest BCUT2D eigenvalue weighted by atomic mass is 32.1. The SMILES string of the molecule is CCC(Cn1[nH]cnc1=S)(Oc1ccc(C)cc1)C(C)(C)C. The fourth-order valence-corrected chi connectivity index (χ4v) is 2.79. The summed E-state index contributed by atoms with van der Waals surface area (Å²) in [5, 5.41) is 3.08. The van der Waals surface area contributed by atoms with Gasteiger partial charge < -0.3 is 4.74 Å². The molecule has 22 heavy (non-hydrogen) atoms. The molecule has 0 aliphatic carbocycles. The minimum absolute atomic E-state index is 0.0630. The molecule has 1 heterocycles. The summed E-state index contributed by atoms with van der Waals surface area (Å²) in [6.45, 7) is 11.5. The molecule has 0 saturated carbocycles. The van der Waals surface area contributed by atoms with E-state index < -0.39 is 0 Å². The lowest BCUT2D eigenvalue weighted by Crippen LogP contribution is -2.51. The number of hydrogen-bond acceptors (Lipinski definition) is 3. The highest BCUT2D eigenvalue weighted by Gasteiger charge is 2.43. The Morgan fingerprint density at radius 2 is 1.86 bits per heavy atom. The average molecular weight is 319 g/mol. The fourth-order valence-electron chi connectivity index (χ4n) is 2.62. The molecule has 1 unspecified atom stereocenters. The van der Waals surface area contributed by atoms with Gasteiger partial charge >= 0.3 is 0 Å². The van der Waals surface area contributed by atoms with E-state index in [0.717, 1.165) is 12.2 Å². The summed E-state index contributed by atoms with van der Waals surface area (Å²) >= 11 is 5.27. The summed E-state index contributed by atoms with van der Waals surface area (Å²) in [6.07, 6.45) is 2.49. The molecule has 0 radical (unpaired) electrons. The van der Waals surface area contributed by atoms with E-state index in [-0.39, 0.29) is 11.0 Å². The third-order valence-corrected chi connectivity index (χ3v) is 4.63. The normalized spacial score (nSPS) is 14.6. The van der Waals surface area contributed by atoms with Crippen LogP contribution in [0.5, 0.6) is 5.75 Å².